The Kier molecular flexibility index (Phi) is 5.99. The van der Waals surface area contributed by atoms with Gasteiger partial charge in [-0.2, -0.15) is 0 Å². The molecule has 1 aliphatic heterocycles. The Balaban J connectivity index is 1.61. The minimum Gasteiger partial charge on any atom is -0.459 e. The van der Waals surface area contributed by atoms with Gasteiger partial charge in [-0.3, -0.25) is 9.59 Å². The van der Waals surface area contributed by atoms with E-state index >= 15 is 0 Å². The van der Waals surface area contributed by atoms with E-state index in [1.165, 1.54) is 28.2 Å². The summed E-state index contributed by atoms with van der Waals surface area (Å²) < 4.78 is 18.7. The van der Waals surface area contributed by atoms with Crippen LogP contribution in [0.2, 0.25) is 0 Å². The molecule has 1 aliphatic rings. The number of carbonyl (C=O) groups excluding carboxylic acids is 2. The third kappa shape index (κ3) is 4.03. The molecule has 0 radical (unpaired) electrons. The molecule has 3 heterocycles. The molecule has 4 rings (SSSR count). The number of fused-ring (bicyclic) bond motifs is 1. The molecule has 156 valence electrons. The first-order chi connectivity index (χ1) is 14.6. The van der Waals surface area contributed by atoms with Gasteiger partial charge in [0.05, 0.1) is 12.3 Å². The van der Waals surface area contributed by atoms with Crippen molar-refractivity contribution in [2.75, 3.05) is 19.6 Å². The molecule has 0 fully saturated rings. The van der Waals surface area contributed by atoms with Gasteiger partial charge in [0, 0.05) is 18.0 Å². The van der Waals surface area contributed by atoms with Gasteiger partial charge in [-0.05, 0) is 59.7 Å². The van der Waals surface area contributed by atoms with E-state index in [4.69, 9.17) is 4.42 Å². The number of amides is 2. The zero-order chi connectivity index (χ0) is 21.1. The normalized spacial score (nSPS) is 15.7. The molecule has 0 N–H and O–H groups in total. The van der Waals surface area contributed by atoms with Gasteiger partial charge >= 0.3 is 0 Å². The van der Waals surface area contributed by atoms with Crippen molar-refractivity contribution < 1.29 is 18.4 Å². The molecular formula is C23H23FN2O3S. The maximum Gasteiger partial charge on any atom is 0.290 e. The topological polar surface area (TPSA) is 53.8 Å². The average molecular weight is 427 g/mol. The first-order valence-electron chi connectivity index (χ1n) is 10.0. The molecule has 0 spiro atoms. The second-order valence-electron chi connectivity index (χ2n) is 7.29. The number of hydrogen-bond acceptors (Lipinski definition) is 4. The van der Waals surface area contributed by atoms with E-state index in [1.807, 2.05) is 18.4 Å². The molecule has 30 heavy (non-hydrogen) atoms. The van der Waals surface area contributed by atoms with Crippen molar-refractivity contribution in [2.45, 2.75) is 25.8 Å². The lowest BCUT2D eigenvalue weighted by molar-refractivity contribution is -0.134. The van der Waals surface area contributed by atoms with Gasteiger partial charge in [0.2, 0.25) is 5.91 Å². The number of thiophene rings is 1. The highest BCUT2D eigenvalue weighted by Gasteiger charge is 2.34. The van der Waals surface area contributed by atoms with Crippen LogP contribution in [0.3, 0.4) is 0 Å². The van der Waals surface area contributed by atoms with Crippen LogP contribution in [0.15, 0.2) is 58.5 Å². The van der Waals surface area contributed by atoms with Crippen LogP contribution >= 0.6 is 11.3 Å². The summed E-state index contributed by atoms with van der Waals surface area (Å²) in [6, 6.07) is 11.3. The number of nitrogens with zero attached hydrogens (tertiary/aromatic N) is 2. The maximum absolute atomic E-state index is 13.5. The second kappa shape index (κ2) is 8.83. The van der Waals surface area contributed by atoms with E-state index in [-0.39, 0.29) is 36.0 Å². The molecule has 7 heteroatoms. The van der Waals surface area contributed by atoms with Gasteiger partial charge in [-0.15, -0.1) is 11.3 Å². The number of carbonyl (C=O) groups is 2. The average Bonchev–Trinajstić information content (AvgIpc) is 3.44. The zero-order valence-electron chi connectivity index (χ0n) is 16.7. The largest absolute Gasteiger partial charge is 0.459 e. The minimum atomic E-state index is -0.309. The van der Waals surface area contributed by atoms with E-state index in [0.29, 0.717) is 13.1 Å². The third-order valence-corrected chi connectivity index (χ3v) is 6.31. The Morgan fingerprint density at radius 2 is 2.03 bits per heavy atom. The lowest BCUT2D eigenvalue weighted by Gasteiger charge is -2.37. The van der Waals surface area contributed by atoms with Crippen molar-refractivity contribution >= 4 is 23.2 Å². The van der Waals surface area contributed by atoms with Crippen LogP contribution in [0.25, 0.3) is 0 Å². The molecule has 0 bridgehead atoms. The lowest BCUT2D eigenvalue weighted by atomic mass is 9.93. The van der Waals surface area contributed by atoms with Crippen molar-refractivity contribution in [1.29, 1.82) is 0 Å². The Hall–Kier alpha value is -2.93. The summed E-state index contributed by atoms with van der Waals surface area (Å²) in [4.78, 5) is 30.7. The fraction of sp³-hybridized carbons (Fsp3) is 0.304. The van der Waals surface area contributed by atoms with Crippen LogP contribution in [0.5, 0.6) is 0 Å². The summed E-state index contributed by atoms with van der Waals surface area (Å²) in [6.45, 7) is 2.96. The molecule has 1 unspecified atom stereocenters. The fourth-order valence-electron chi connectivity index (χ4n) is 3.92. The number of benzene rings is 1. The standard InChI is InChI=1S/C23H23FN2O3S/c1-2-11-25(23(28)19-4-3-13-29-19)15-21(27)26-12-9-20-18(10-14-30-20)22(26)16-5-7-17(24)8-6-16/h3-8,10,13-14,22H,2,9,11-12,15H2,1H3. The number of rotatable bonds is 6. The van der Waals surface area contributed by atoms with Gasteiger partial charge in [0.1, 0.15) is 12.4 Å². The summed E-state index contributed by atoms with van der Waals surface area (Å²) in [5.41, 5.74) is 1.94. The molecule has 1 aromatic carbocycles. The van der Waals surface area contributed by atoms with Crippen molar-refractivity contribution in [3.63, 3.8) is 0 Å². The smallest absolute Gasteiger partial charge is 0.290 e. The van der Waals surface area contributed by atoms with E-state index < -0.39 is 0 Å². The second-order valence-corrected chi connectivity index (χ2v) is 8.30. The first kappa shape index (κ1) is 20.3. The fourth-order valence-corrected chi connectivity index (χ4v) is 4.83. The van der Waals surface area contributed by atoms with Crippen LogP contribution < -0.4 is 0 Å². The predicted molar refractivity (Wildman–Crippen MR) is 113 cm³/mol. The Bertz CT molecular complexity index is 1010. The van der Waals surface area contributed by atoms with E-state index in [2.05, 4.69) is 0 Å². The molecule has 3 aromatic rings. The molecule has 2 amide bonds. The Morgan fingerprint density at radius 3 is 2.73 bits per heavy atom. The van der Waals surface area contributed by atoms with Crippen LogP contribution in [-0.2, 0) is 11.2 Å². The van der Waals surface area contributed by atoms with Crippen molar-refractivity contribution in [3.8, 4) is 0 Å². The minimum absolute atomic E-state index is 0.0233. The monoisotopic (exact) mass is 426 g/mol. The van der Waals surface area contributed by atoms with Gasteiger partial charge in [0.25, 0.3) is 5.91 Å². The van der Waals surface area contributed by atoms with Crippen LogP contribution in [-0.4, -0.2) is 41.2 Å². The summed E-state index contributed by atoms with van der Waals surface area (Å²) in [5, 5.41) is 2.03. The summed E-state index contributed by atoms with van der Waals surface area (Å²) in [7, 11) is 0. The highest BCUT2D eigenvalue weighted by Crippen LogP contribution is 2.38. The van der Waals surface area contributed by atoms with E-state index in [0.717, 1.165) is 24.0 Å². The molecule has 0 aliphatic carbocycles. The third-order valence-electron chi connectivity index (χ3n) is 5.31. The molecule has 0 saturated carbocycles. The van der Waals surface area contributed by atoms with Crippen molar-refractivity contribution in [3.05, 3.63) is 81.7 Å². The van der Waals surface area contributed by atoms with Gasteiger partial charge in [0.15, 0.2) is 5.76 Å². The summed E-state index contributed by atoms with van der Waals surface area (Å²) in [5.74, 6) is -0.502. The quantitative estimate of drug-likeness (QED) is 0.583. The van der Waals surface area contributed by atoms with Crippen molar-refractivity contribution in [1.82, 2.24) is 9.80 Å². The van der Waals surface area contributed by atoms with E-state index in [9.17, 15) is 14.0 Å². The van der Waals surface area contributed by atoms with Gasteiger partial charge in [-0.1, -0.05) is 19.1 Å². The van der Waals surface area contributed by atoms with Crippen molar-refractivity contribution in [2.24, 2.45) is 0 Å². The van der Waals surface area contributed by atoms with Crippen LogP contribution in [0.1, 0.15) is 45.9 Å². The summed E-state index contributed by atoms with van der Waals surface area (Å²) >= 11 is 1.68. The van der Waals surface area contributed by atoms with Gasteiger partial charge in [-0.25, -0.2) is 4.39 Å². The van der Waals surface area contributed by atoms with Crippen LogP contribution in [0, 0.1) is 5.82 Å². The number of furan rings is 1. The highest BCUT2D eigenvalue weighted by molar-refractivity contribution is 7.10. The Labute approximate surface area is 178 Å². The molecule has 2 aromatic heterocycles. The predicted octanol–water partition coefficient (Wildman–Crippen LogP) is 4.51. The number of halogens is 1. The maximum atomic E-state index is 13.5. The Morgan fingerprint density at radius 1 is 1.23 bits per heavy atom. The molecule has 1 atom stereocenters. The van der Waals surface area contributed by atoms with Gasteiger partial charge < -0.3 is 14.2 Å². The SMILES string of the molecule is CCCN(CC(=O)N1CCc2sccc2C1c1ccc(F)cc1)C(=O)c1ccco1. The zero-order valence-corrected chi connectivity index (χ0v) is 17.5. The highest BCUT2D eigenvalue weighted by atomic mass is 32.1. The first-order valence-corrected chi connectivity index (χ1v) is 10.9. The number of hydrogen-bond donors (Lipinski definition) is 0. The molecule has 5 nitrogen and oxygen atoms in total. The lowest BCUT2D eigenvalue weighted by Crippen LogP contribution is -2.47. The van der Waals surface area contributed by atoms with E-state index in [1.54, 1.807) is 40.5 Å². The molecule has 0 saturated heterocycles. The van der Waals surface area contributed by atoms with Crippen LogP contribution in [0.4, 0.5) is 4.39 Å². The summed E-state index contributed by atoms with van der Waals surface area (Å²) in [6.07, 6.45) is 2.96. The molecular weight excluding hydrogens is 403 g/mol.